The molecule has 0 bridgehead atoms. The van der Waals surface area contributed by atoms with E-state index in [4.69, 9.17) is 4.74 Å². The molecule has 0 aromatic carbocycles. The fourth-order valence-corrected chi connectivity index (χ4v) is 1.89. The highest BCUT2D eigenvalue weighted by Crippen LogP contribution is 2.10. The molecule has 18 heavy (non-hydrogen) atoms. The van der Waals surface area contributed by atoms with Crippen LogP contribution in [0.25, 0.3) is 0 Å². The van der Waals surface area contributed by atoms with Crippen LogP contribution < -0.4 is 0 Å². The quantitative estimate of drug-likeness (QED) is 0.283. The van der Waals surface area contributed by atoms with Crippen LogP contribution >= 0.6 is 0 Å². The predicted molar refractivity (Wildman–Crippen MR) is 80.7 cm³/mol. The second-order valence-electron chi connectivity index (χ2n) is 6.41. The minimum absolute atomic E-state index is 0.305. The highest BCUT2D eigenvalue weighted by Gasteiger charge is 2.17. The van der Waals surface area contributed by atoms with Gasteiger partial charge in [-0.25, -0.2) is 0 Å². The maximum absolute atomic E-state index is 5.84. The van der Waals surface area contributed by atoms with Crippen molar-refractivity contribution in [3.63, 3.8) is 0 Å². The first-order valence-corrected chi connectivity index (χ1v) is 7.91. The fraction of sp³-hybridized carbons (Fsp3) is 1.00. The van der Waals surface area contributed by atoms with Crippen molar-refractivity contribution < 1.29 is 9.22 Å². The summed E-state index contributed by atoms with van der Waals surface area (Å²) in [6, 6.07) is 0. The lowest BCUT2D eigenvalue weighted by Crippen LogP contribution is -2.44. The van der Waals surface area contributed by atoms with Crippen LogP contribution in [0.3, 0.4) is 0 Å². The predicted octanol–water partition coefficient (Wildman–Crippen LogP) is 4.59. The van der Waals surface area contributed by atoms with Gasteiger partial charge in [0.25, 0.3) is 0 Å². The Bertz CT molecular complexity index is 174. The Morgan fingerprint density at radius 1 is 0.778 bits per heavy atom. The number of nitrogens with zero attached hydrogens (tertiary/aromatic N) is 1. The maximum atomic E-state index is 5.84. The molecule has 2 heteroatoms. The van der Waals surface area contributed by atoms with E-state index in [-0.39, 0.29) is 0 Å². The molecule has 0 amide bonds. The summed E-state index contributed by atoms with van der Waals surface area (Å²) in [5, 5.41) is 0. The van der Waals surface area contributed by atoms with Gasteiger partial charge in [-0.15, -0.1) is 0 Å². The van der Waals surface area contributed by atoms with Gasteiger partial charge in [0.1, 0.15) is 0 Å². The summed E-state index contributed by atoms with van der Waals surface area (Å²) in [5.74, 6) is 0. The van der Waals surface area contributed by atoms with Gasteiger partial charge in [0.05, 0.1) is 27.7 Å². The topological polar surface area (TPSA) is 9.23 Å². The van der Waals surface area contributed by atoms with Crippen molar-refractivity contribution in [3.8, 4) is 0 Å². The Balaban J connectivity index is 3.17. The zero-order chi connectivity index (χ0) is 13.9. The monoisotopic (exact) mass is 258 g/mol. The van der Waals surface area contributed by atoms with Gasteiger partial charge in [-0.05, 0) is 6.42 Å². The number of hydrogen-bond acceptors (Lipinski definition) is 1. The summed E-state index contributed by atoms with van der Waals surface area (Å²) in [6.07, 6.45) is 12.7. The number of ether oxygens (including phenoxy) is 1. The van der Waals surface area contributed by atoms with Gasteiger partial charge in [0.2, 0.25) is 0 Å². The molecule has 0 N–H and O–H groups in total. The molecule has 1 unspecified atom stereocenters. The van der Waals surface area contributed by atoms with Crippen molar-refractivity contribution in [3.05, 3.63) is 0 Å². The third-order valence-electron chi connectivity index (χ3n) is 3.70. The molecule has 0 aliphatic rings. The van der Waals surface area contributed by atoms with Gasteiger partial charge in [-0.3, -0.25) is 0 Å². The molecule has 0 aliphatic carbocycles. The van der Waals surface area contributed by atoms with Gasteiger partial charge >= 0.3 is 0 Å². The summed E-state index contributed by atoms with van der Waals surface area (Å²) in [6.45, 7) is 5.36. The van der Waals surface area contributed by atoms with Gasteiger partial charge in [-0.1, -0.05) is 58.3 Å². The molecule has 0 fully saturated rings. The van der Waals surface area contributed by atoms with Crippen molar-refractivity contribution in [2.24, 2.45) is 0 Å². The van der Waals surface area contributed by atoms with Gasteiger partial charge in [0.15, 0.2) is 6.23 Å². The molecule has 110 valence electrons. The lowest BCUT2D eigenvalue weighted by Gasteiger charge is -2.31. The fourth-order valence-electron chi connectivity index (χ4n) is 1.89. The van der Waals surface area contributed by atoms with Crippen LogP contribution in [0.5, 0.6) is 0 Å². The molecule has 1 atom stereocenters. The first-order valence-electron chi connectivity index (χ1n) is 7.91. The van der Waals surface area contributed by atoms with E-state index in [1.807, 2.05) is 0 Å². The van der Waals surface area contributed by atoms with Crippen molar-refractivity contribution >= 4 is 0 Å². The minimum atomic E-state index is 0.305. The number of quaternary nitrogens is 1. The van der Waals surface area contributed by atoms with Crippen molar-refractivity contribution in [1.82, 2.24) is 0 Å². The highest BCUT2D eigenvalue weighted by molar-refractivity contribution is 4.46. The smallest absolute Gasteiger partial charge is 0.189 e. The normalized spacial score (nSPS) is 13.8. The summed E-state index contributed by atoms with van der Waals surface area (Å²) < 4.78 is 6.72. The lowest BCUT2D eigenvalue weighted by atomic mass is 10.1. The molecule has 0 aromatic heterocycles. The van der Waals surface area contributed by atoms with Gasteiger partial charge in [0, 0.05) is 6.92 Å². The molecule has 0 heterocycles. The molecule has 0 rings (SSSR count). The van der Waals surface area contributed by atoms with Crippen LogP contribution in [0.1, 0.15) is 71.6 Å². The van der Waals surface area contributed by atoms with Crippen LogP contribution in [-0.4, -0.2) is 38.5 Å². The minimum Gasteiger partial charge on any atom is -0.329 e. The summed E-state index contributed by atoms with van der Waals surface area (Å²) >= 11 is 0. The molecule has 2 nitrogen and oxygen atoms in total. The standard InChI is InChI=1S/C16H36NO/c1-6-7-8-9-10-11-12-13-14-15-18-16(2)17(3,4)5/h16H,6-15H2,1-5H3/q+1. The Morgan fingerprint density at radius 3 is 1.67 bits per heavy atom. The van der Waals surface area contributed by atoms with Gasteiger partial charge in [-0.2, -0.15) is 0 Å². The highest BCUT2D eigenvalue weighted by atomic mass is 16.5. The second-order valence-corrected chi connectivity index (χ2v) is 6.41. The van der Waals surface area contributed by atoms with Crippen molar-refractivity contribution in [1.29, 1.82) is 0 Å². The van der Waals surface area contributed by atoms with E-state index in [1.165, 1.54) is 57.8 Å². The largest absolute Gasteiger partial charge is 0.329 e. The molecule has 0 saturated heterocycles. The molecule has 0 aliphatic heterocycles. The molecule has 0 saturated carbocycles. The van der Waals surface area contributed by atoms with E-state index in [0.717, 1.165) is 11.1 Å². The Kier molecular flexibility index (Phi) is 10.8. The van der Waals surface area contributed by atoms with Crippen LogP contribution in [0.4, 0.5) is 0 Å². The Labute approximate surface area is 115 Å². The second kappa shape index (κ2) is 10.8. The molecule has 0 radical (unpaired) electrons. The summed E-state index contributed by atoms with van der Waals surface area (Å²) in [4.78, 5) is 0. The van der Waals surface area contributed by atoms with E-state index >= 15 is 0 Å². The molecular weight excluding hydrogens is 222 g/mol. The molecule has 0 spiro atoms. The number of hydrogen-bond donors (Lipinski definition) is 0. The van der Waals surface area contributed by atoms with Crippen molar-refractivity contribution in [2.45, 2.75) is 77.9 Å². The van der Waals surface area contributed by atoms with Crippen LogP contribution in [0.2, 0.25) is 0 Å². The van der Waals surface area contributed by atoms with Crippen LogP contribution in [-0.2, 0) is 4.74 Å². The zero-order valence-corrected chi connectivity index (χ0v) is 13.5. The van der Waals surface area contributed by atoms with Gasteiger partial charge < -0.3 is 9.22 Å². The maximum Gasteiger partial charge on any atom is 0.189 e. The van der Waals surface area contributed by atoms with E-state index in [0.29, 0.717) is 6.23 Å². The number of rotatable bonds is 12. The number of unbranched alkanes of at least 4 members (excludes halogenated alkanes) is 8. The Hall–Kier alpha value is -0.0800. The average molecular weight is 258 g/mol. The zero-order valence-electron chi connectivity index (χ0n) is 13.5. The van der Waals surface area contributed by atoms with E-state index in [9.17, 15) is 0 Å². The third kappa shape index (κ3) is 11.0. The van der Waals surface area contributed by atoms with E-state index in [1.54, 1.807) is 0 Å². The third-order valence-corrected chi connectivity index (χ3v) is 3.70. The lowest BCUT2D eigenvalue weighted by molar-refractivity contribution is -0.917. The molecular formula is C16H36NO+. The van der Waals surface area contributed by atoms with Crippen LogP contribution in [0, 0.1) is 0 Å². The summed E-state index contributed by atoms with van der Waals surface area (Å²) in [5.41, 5.74) is 0. The Morgan fingerprint density at radius 2 is 1.22 bits per heavy atom. The first-order chi connectivity index (χ1) is 8.48. The summed E-state index contributed by atoms with van der Waals surface area (Å²) in [7, 11) is 6.54. The van der Waals surface area contributed by atoms with E-state index in [2.05, 4.69) is 35.0 Å². The molecule has 0 aromatic rings. The van der Waals surface area contributed by atoms with Crippen LogP contribution in [0.15, 0.2) is 0 Å². The average Bonchev–Trinajstić information content (AvgIpc) is 2.30. The SMILES string of the molecule is CCCCCCCCCCCOC(C)[N+](C)(C)C. The first kappa shape index (κ1) is 17.9. The van der Waals surface area contributed by atoms with E-state index < -0.39 is 0 Å². The van der Waals surface area contributed by atoms with Crippen molar-refractivity contribution in [2.75, 3.05) is 27.7 Å².